The number of aryl methyl sites for hydroxylation is 1. The van der Waals surface area contributed by atoms with Gasteiger partial charge in [0.2, 0.25) is 0 Å². The maximum absolute atomic E-state index is 12.6. The van der Waals surface area contributed by atoms with E-state index in [4.69, 9.17) is 21.7 Å². The first kappa shape index (κ1) is 19.8. The number of thiocarbonyl (C=S) groups is 1. The van der Waals surface area contributed by atoms with Crippen LogP contribution in [-0.4, -0.2) is 48.4 Å². The zero-order valence-corrected chi connectivity index (χ0v) is 17.6. The van der Waals surface area contributed by atoms with Crippen molar-refractivity contribution < 1.29 is 14.3 Å². The monoisotopic (exact) mass is 404 g/mol. The molecule has 0 amide bonds. The van der Waals surface area contributed by atoms with Gasteiger partial charge in [0.15, 0.2) is 5.11 Å². The number of rotatable bonds is 3. The number of ether oxygens (including phenoxy) is 2. The molecular weight excluding hydrogens is 380 g/mol. The van der Waals surface area contributed by atoms with Crippen LogP contribution in [0.5, 0.6) is 0 Å². The van der Waals surface area contributed by atoms with E-state index in [1.807, 2.05) is 51.1 Å². The fraction of sp³-hybridized carbons (Fsp3) is 0.400. The van der Waals surface area contributed by atoms with Crippen LogP contribution in [0.25, 0.3) is 11.1 Å². The highest BCUT2D eigenvalue weighted by molar-refractivity contribution is 7.80. The number of methoxy groups -OCH3 is 1. The number of carbonyl (C=O) groups is 1. The van der Waals surface area contributed by atoms with Crippen molar-refractivity contribution in [2.24, 2.45) is 0 Å². The molecule has 0 spiro atoms. The van der Waals surface area contributed by atoms with E-state index in [1.54, 1.807) is 0 Å². The summed E-state index contributed by atoms with van der Waals surface area (Å²) >= 11 is 7.14. The van der Waals surface area contributed by atoms with E-state index in [9.17, 15) is 4.79 Å². The van der Waals surface area contributed by atoms with Gasteiger partial charge in [-0.15, -0.1) is 11.3 Å². The Balaban J connectivity index is 1.94. The van der Waals surface area contributed by atoms with Crippen molar-refractivity contribution in [3.8, 4) is 11.1 Å². The fourth-order valence-corrected chi connectivity index (χ4v) is 4.78. The van der Waals surface area contributed by atoms with Crippen molar-refractivity contribution >= 4 is 39.6 Å². The second-order valence-corrected chi connectivity index (χ2v) is 8.30. The SMILES string of the molecule is COC(=O)c1c(NC(=S)N2CC(C)OC(C)C2)sc(C)c1-c1ccccc1. The van der Waals surface area contributed by atoms with E-state index in [1.165, 1.54) is 18.4 Å². The van der Waals surface area contributed by atoms with Crippen LogP contribution >= 0.6 is 23.6 Å². The van der Waals surface area contributed by atoms with Crippen LogP contribution in [0.3, 0.4) is 0 Å². The molecule has 1 aliphatic rings. The van der Waals surface area contributed by atoms with Gasteiger partial charge >= 0.3 is 5.97 Å². The third kappa shape index (κ3) is 4.31. The minimum absolute atomic E-state index is 0.110. The van der Waals surface area contributed by atoms with Crippen molar-refractivity contribution in [2.75, 3.05) is 25.5 Å². The molecule has 2 unspecified atom stereocenters. The molecule has 0 bridgehead atoms. The Morgan fingerprint density at radius 1 is 1.26 bits per heavy atom. The molecule has 0 radical (unpaired) electrons. The smallest absolute Gasteiger partial charge is 0.341 e. The standard InChI is InChI=1S/C20H24N2O3S2/c1-12-10-22(11-13(2)25-12)20(26)21-18-17(19(23)24-4)16(14(3)27-18)15-8-6-5-7-9-15/h5-9,12-13H,10-11H2,1-4H3,(H,21,26). The molecule has 1 N–H and O–H groups in total. The van der Waals surface area contributed by atoms with Gasteiger partial charge in [-0.1, -0.05) is 30.3 Å². The Morgan fingerprint density at radius 2 is 1.89 bits per heavy atom. The average molecular weight is 405 g/mol. The van der Waals surface area contributed by atoms with Gasteiger partial charge < -0.3 is 19.7 Å². The number of hydrogen-bond acceptors (Lipinski definition) is 5. The highest BCUT2D eigenvalue weighted by Gasteiger charge is 2.28. The number of hydrogen-bond donors (Lipinski definition) is 1. The summed E-state index contributed by atoms with van der Waals surface area (Å²) in [6.07, 6.45) is 0.219. The molecule has 2 heterocycles. The van der Waals surface area contributed by atoms with E-state index in [-0.39, 0.29) is 18.2 Å². The average Bonchev–Trinajstić information content (AvgIpc) is 2.96. The molecule has 3 rings (SSSR count). The molecule has 7 heteroatoms. The van der Waals surface area contributed by atoms with Crippen LogP contribution in [0.15, 0.2) is 30.3 Å². The lowest BCUT2D eigenvalue weighted by atomic mass is 10.0. The van der Waals surface area contributed by atoms with E-state index < -0.39 is 0 Å². The largest absolute Gasteiger partial charge is 0.465 e. The lowest BCUT2D eigenvalue weighted by Crippen LogP contribution is -2.49. The second kappa shape index (κ2) is 8.37. The normalized spacial score (nSPS) is 19.6. The first-order valence-corrected chi connectivity index (χ1v) is 10.1. The van der Waals surface area contributed by atoms with Crippen LogP contribution in [0, 0.1) is 6.92 Å². The lowest BCUT2D eigenvalue weighted by molar-refractivity contribution is -0.0473. The topological polar surface area (TPSA) is 50.8 Å². The molecule has 144 valence electrons. The Hall–Kier alpha value is -1.96. The number of nitrogens with one attached hydrogen (secondary N) is 1. The van der Waals surface area contributed by atoms with Gasteiger partial charge in [0.25, 0.3) is 0 Å². The van der Waals surface area contributed by atoms with Crippen LogP contribution in [-0.2, 0) is 9.47 Å². The minimum Gasteiger partial charge on any atom is -0.465 e. The molecule has 1 aromatic carbocycles. The summed E-state index contributed by atoms with van der Waals surface area (Å²) in [7, 11) is 1.40. The van der Waals surface area contributed by atoms with Crippen LogP contribution < -0.4 is 5.32 Å². The van der Waals surface area contributed by atoms with E-state index in [2.05, 4.69) is 10.2 Å². The number of anilines is 1. The molecule has 1 fully saturated rings. The molecule has 2 atom stereocenters. The Kier molecular flexibility index (Phi) is 6.14. The fourth-order valence-electron chi connectivity index (χ4n) is 3.40. The lowest BCUT2D eigenvalue weighted by Gasteiger charge is -2.36. The van der Waals surface area contributed by atoms with E-state index >= 15 is 0 Å². The Bertz CT molecular complexity index is 825. The molecule has 0 aliphatic carbocycles. The highest BCUT2D eigenvalue weighted by atomic mass is 32.1. The minimum atomic E-state index is -0.368. The van der Waals surface area contributed by atoms with Gasteiger partial charge in [-0.2, -0.15) is 0 Å². The summed E-state index contributed by atoms with van der Waals surface area (Å²) in [6, 6.07) is 9.87. The zero-order chi connectivity index (χ0) is 19.6. The van der Waals surface area contributed by atoms with Crippen LogP contribution in [0.4, 0.5) is 5.00 Å². The molecule has 2 aromatic rings. The molecular formula is C20H24N2O3S2. The summed E-state index contributed by atoms with van der Waals surface area (Å²) in [5.41, 5.74) is 2.41. The summed E-state index contributed by atoms with van der Waals surface area (Å²) in [4.78, 5) is 15.7. The molecule has 1 saturated heterocycles. The zero-order valence-electron chi connectivity index (χ0n) is 15.9. The van der Waals surface area contributed by atoms with Crippen LogP contribution in [0.1, 0.15) is 29.1 Å². The molecule has 5 nitrogen and oxygen atoms in total. The Morgan fingerprint density at radius 3 is 2.48 bits per heavy atom. The van der Waals surface area contributed by atoms with E-state index in [0.717, 1.165) is 34.1 Å². The maximum atomic E-state index is 12.6. The van der Waals surface area contributed by atoms with Crippen molar-refractivity contribution in [3.05, 3.63) is 40.8 Å². The summed E-state index contributed by atoms with van der Waals surface area (Å²) < 4.78 is 10.8. The van der Waals surface area contributed by atoms with Gasteiger partial charge in [-0.25, -0.2) is 4.79 Å². The third-order valence-corrected chi connectivity index (χ3v) is 5.84. The summed E-state index contributed by atoms with van der Waals surface area (Å²) in [6.45, 7) is 7.52. The third-order valence-electron chi connectivity index (χ3n) is 4.46. The first-order chi connectivity index (χ1) is 12.9. The number of nitrogens with zero attached hydrogens (tertiary/aromatic N) is 1. The van der Waals surface area contributed by atoms with Crippen molar-refractivity contribution in [1.82, 2.24) is 4.90 Å². The quantitative estimate of drug-likeness (QED) is 0.607. The summed E-state index contributed by atoms with van der Waals surface area (Å²) in [5.74, 6) is -0.368. The summed E-state index contributed by atoms with van der Waals surface area (Å²) in [5, 5.41) is 4.60. The van der Waals surface area contributed by atoms with Gasteiger partial charge in [0.05, 0.1) is 19.3 Å². The predicted molar refractivity (Wildman–Crippen MR) is 114 cm³/mol. The predicted octanol–water partition coefficient (Wildman–Crippen LogP) is 4.32. The van der Waals surface area contributed by atoms with E-state index in [0.29, 0.717) is 10.7 Å². The number of carbonyl (C=O) groups excluding carboxylic acids is 1. The maximum Gasteiger partial charge on any atom is 0.341 e. The van der Waals surface area contributed by atoms with Crippen molar-refractivity contribution in [1.29, 1.82) is 0 Å². The highest BCUT2D eigenvalue weighted by Crippen LogP contribution is 2.40. The van der Waals surface area contributed by atoms with Gasteiger partial charge in [-0.3, -0.25) is 0 Å². The number of esters is 1. The number of morpholine rings is 1. The van der Waals surface area contributed by atoms with Gasteiger partial charge in [-0.05, 0) is 38.6 Å². The number of thiophene rings is 1. The molecule has 1 aliphatic heterocycles. The first-order valence-electron chi connectivity index (χ1n) is 8.89. The molecule has 27 heavy (non-hydrogen) atoms. The van der Waals surface area contributed by atoms with Crippen LogP contribution in [0.2, 0.25) is 0 Å². The Labute approximate surface area is 169 Å². The second-order valence-electron chi connectivity index (χ2n) is 6.69. The van der Waals surface area contributed by atoms with Gasteiger partial charge in [0, 0.05) is 23.5 Å². The van der Waals surface area contributed by atoms with Crippen molar-refractivity contribution in [2.45, 2.75) is 33.0 Å². The molecule has 1 aromatic heterocycles. The van der Waals surface area contributed by atoms with Crippen molar-refractivity contribution in [3.63, 3.8) is 0 Å². The number of benzene rings is 1. The van der Waals surface area contributed by atoms with Gasteiger partial charge in [0.1, 0.15) is 10.6 Å². The molecule has 0 saturated carbocycles.